The second kappa shape index (κ2) is 4.25. The van der Waals surface area contributed by atoms with Gasteiger partial charge in [-0.3, -0.25) is 0 Å². The third-order valence-electron chi connectivity index (χ3n) is 0.884. The highest BCUT2D eigenvalue weighted by Gasteiger charge is 2.18. The van der Waals surface area contributed by atoms with Crippen molar-refractivity contribution < 1.29 is 8.78 Å². The molecule has 3 heteroatoms. The first kappa shape index (κ1) is 9.40. The molecule has 60 valence electrons. The highest BCUT2D eigenvalue weighted by molar-refractivity contribution is 4.79. The number of hydrogen-bond donors (Lipinski definition) is 1. The van der Waals surface area contributed by atoms with Crippen molar-refractivity contribution in [2.24, 2.45) is 0 Å². The van der Waals surface area contributed by atoms with Gasteiger partial charge in [0.05, 0.1) is 6.54 Å². The van der Waals surface area contributed by atoms with E-state index in [1.54, 1.807) is 12.3 Å². The summed E-state index contributed by atoms with van der Waals surface area (Å²) < 4.78 is 24.1. The van der Waals surface area contributed by atoms with Crippen molar-refractivity contribution in [3.63, 3.8) is 0 Å². The molecule has 10 heavy (non-hydrogen) atoms. The molecular weight excluding hydrogens is 136 g/mol. The Bertz CT molecular complexity index is 105. The Balaban J connectivity index is 3.28. The molecule has 0 fully saturated rings. The standard InChI is InChI=1S/C7H13F2N/c1-3-4-5-10-6-7(2,8)9/h4-5,10H,3,6H2,1-2H3/b5-4-. The number of hydrogen-bond acceptors (Lipinski definition) is 1. The van der Waals surface area contributed by atoms with Gasteiger partial charge in [0.1, 0.15) is 0 Å². The molecule has 0 saturated carbocycles. The lowest BCUT2D eigenvalue weighted by molar-refractivity contribution is 0.0260. The maximum atomic E-state index is 12.1. The largest absolute Gasteiger partial charge is 0.385 e. The molecule has 0 aliphatic carbocycles. The fourth-order valence-electron chi connectivity index (χ4n) is 0.439. The maximum absolute atomic E-state index is 12.1. The summed E-state index contributed by atoms with van der Waals surface area (Å²) in [4.78, 5) is 0. The van der Waals surface area contributed by atoms with Gasteiger partial charge in [-0.15, -0.1) is 0 Å². The van der Waals surface area contributed by atoms with Crippen molar-refractivity contribution in [1.29, 1.82) is 0 Å². The molecule has 0 radical (unpaired) electrons. The molecule has 0 aromatic carbocycles. The minimum atomic E-state index is -2.61. The summed E-state index contributed by atoms with van der Waals surface area (Å²) >= 11 is 0. The molecule has 0 aliphatic heterocycles. The molecule has 0 aromatic heterocycles. The smallest absolute Gasteiger partial charge is 0.262 e. The van der Waals surface area contributed by atoms with Crippen LogP contribution in [0.25, 0.3) is 0 Å². The Hall–Kier alpha value is -0.600. The van der Waals surface area contributed by atoms with Crippen molar-refractivity contribution >= 4 is 0 Å². The first-order valence-electron chi connectivity index (χ1n) is 3.32. The average molecular weight is 149 g/mol. The fourth-order valence-corrected chi connectivity index (χ4v) is 0.439. The van der Waals surface area contributed by atoms with Gasteiger partial charge in [0.2, 0.25) is 0 Å². The van der Waals surface area contributed by atoms with Crippen LogP contribution in [0, 0.1) is 0 Å². The van der Waals surface area contributed by atoms with Crippen LogP contribution < -0.4 is 5.32 Å². The van der Waals surface area contributed by atoms with Crippen LogP contribution in [-0.2, 0) is 0 Å². The van der Waals surface area contributed by atoms with Gasteiger partial charge in [-0.1, -0.05) is 13.0 Å². The number of allylic oxidation sites excluding steroid dienone is 1. The normalized spacial score (nSPS) is 12.4. The van der Waals surface area contributed by atoms with E-state index in [-0.39, 0.29) is 6.54 Å². The average Bonchev–Trinajstić information content (AvgIpc) is 1.78. The first-order valence-corrected chi connectivity index (χ1v) is 3.32. The van der Waals surface area contributed by atoms with Crippen LogP contribution in [-0.4, -0.2) is 12.5 Å². The van der Waals surface area contributed by atoms with Crippen LogP contribution in [0.4, 0.5) is 8.78 Å². The third-order valence-corrected chi connectivity index (χ3v) is 0.884. The van der Waals surface area contributed by atoms with Gasteiger partial charge in [-0.25, -0.2) is 8.78 Å². The molecule has 1 nitrogen and oxygen atoms in total. The summed E-state index contributed by atoms with van der Waals surface area (Å²) in [5.41, 5.74) is 0. The molecule has 1 N–H and O–H groups in total. The Morgan fingerprint density at radius 2 is 2.10 bits per heavy atom. The Morgan fingerprint density at radius 1 is 1.50 bits per heavy atom. The van der Waals surface area contributed by atoms with E-state index in [9.17, 15) is 8.78 Å². The zero-order chi connectivity index (χ0) is 8.04. The molecule has 0 saturated heterocycles. The van der Waals surface area contributed by atoms with E-state index in [0.717, 1.165) is 13.3 Å². The third kappa shape index (κ3) is 7.40. The van der Waals surface area contributed by atoms with E-state index >= 15 is 0 Å². The van der Waals surface area contributed by atoms with Gasteiger partial charge in [0.25, 0.3) is 5.92 Å². The van der Waals surface area contributed by atoms with Crippen LogP contribution in [0.1, 0.15) is 20.3 Å². The SMILES string of the molecule is CC/C=C\NCC(C)(F)F. The monoisotopic (exact) mass is 149 g/mol. The predicted molar refractivity (Wildman–Crippen MR) is 38.1 cm³/mol. The van der Waals surface area contributed by atoms with Gasteiger partial charge in [0.15, 0.2) is 0 Å². The van der Waals surface area contributed by atoms with Crippen molar-refractivity contribution in [3.05, 3.63) is 12.3 Å². The molecule has 0 unspecified atom stereocenters. The van der Waals surface area contributed by atoms with Crippen molar-refractivity contribution in [2.45, 2.75) is 26.2 Å². The van der Waals surface area contributed by atoms with Gasteiger partial charge >= 0.3 is 0 Å². The second-order valence-electron chi connectivity index (χ2n) is 2.26. The van der Waals surface area contributed by atoms with Gasteiger partial charge in [-0.05, 0) is 12.6 Å². The Morgan fingerprint density at radius 3 is 2.50 bits per heavy atom. The summed E-state index contributed by atoms with van der Waals surface area (Å²) in [7, 11) is 0. The number of rotatable bonds is 4. The minimum absolute atomic E-state index is 0.288. The quantitative estimate of drug-likeness (QED) is 0.645. The fraction of sp³-hybridized carbons (Fsp3) is 0.714. The first-order chi connectivity index (χ1) is 4.56. The second-order valence-corrected chi connectivity index (χ2v) is 2.26. The van der Waals surface area contributed by atoms with Crippen LogP contribution in [0.15, 0.2) is 12.3 Å². The lowest BCUT2D eigenvalue weighted by Crippen LogP contribution is -2.25. The van der Waals surface area contributed by atoms with Crippen LogP contribution in [0.3, 0.4) is 0 Å². The van der Waals surface area contributed by atoms with E-state index in [2.05, 4.69) is 5.32 Å². The lowest BCUT2D eigenvalue weighted by Gasteiger charge is -2.08. The van der Waals surface area contributed by atoms with Gasteiger partial charge < -0.3 is 5.32 Å². The minimum Gasteiger partial charge on any atom is -0.385 e. The Labute approximate surface area is 60.1 Å². The van der Waals surface area contributed by atoms with Crippen molar-refractivity contribution in [3.8, 4) is 0 Å². The van der Waals surface area contributed by atoms with E-state index in [1.165, 1.54) is 0 Å². The molecule has 0 spiro atoms. The van der Waals surface area contributed by atoms with Crippen molar-refractivity contribution in [2.75, 3.05) is 6.54 Å². The van der Waals surface area contributed by atoms with E-state index in [4.69, 9.17) is 0 Å². The number of nitrogens with one attached hydrogen (secondary N) is 1. The molecule has 0 aliphatic rings. The highest BCUT2D eigenvalue weighted by atomic mass is 19.3. The number of alkyl halides is 2. The van der Waals surface area contributed by atoms with Crippen molar-refractivity contribution in [1.82, 2.24) is 5.32 Å². The number of halogens is 2. The molecule has 0 heterocycles. The summed E-state index contributed by atoms with van der Waals surface area (Å²) in [6.07, 6.45) is 4.21. The van der Waals surface area contributed by atoms with Crippen LogP contribution in [0.5, 0.6) is 0 Å². The van der Waals surface area contributed by atoms with Crippen LogP contribution >= 0.6 is 0 Å². The predicted octanol–water partition coefficient (Wildman–Crippen LogP) is 2.15. The lowest BCUT2D eigenvalue weighted by atomic mass is 10.4. The summed E-state index contributed by atoms with van der Waals surface area (Å²) in [5, 5.41) is 2.50. The Kier molecular flexibility index (Phi) is 4.00. The summed E-state index contributed by atoms with van der Waals surface area (Å²) in [6, 6.07) is 0. The maximum Gasteiger partial charge on any atom is 0.262 e. The highest BCUT2D eigenvalue weighted by Crippen LogP contribution is 2.08. The topological polar surface area (TPSA) is 12.0 Å². The molecule has 0 rings (SSSR count). The molecular formula is C7H13F2N. The summed E-state index contributed by atoms with van der Waals surface area (Å²) in [5.74, 6) is -2.61. The van der Waals surface area contributed by atoms with E-state index in [1.807, 2.05) is 6.92 Å². The summed E-state index contributed by atoms with van der Waals surface area (Å²) in [6.45, 7) is 2.55. The molecule has 0 bridgehead atoms. The zero-order valence-electron chi connectivity index (χ0n) is 6.32. The van der Waals surface area contributed by atoms with Crippen LogP contribution in [0.2, 0.25) is 0 Å². The molecule has 0 atom stereocenters. The van der Waals surface area contributed by atoms with Gasteiger partial charge in [0, 0.05) is 6.92 Å². The van der Waals surface area contributed by atoms with E-state index < -0.39 is 5.92 Å². The molecule has 0 amide bonds. The van der Waals surface area contributed by atoms with Gasteiger partial charge in [-0.2, -0.15) is 0 Å². The van der Waals surface area contributed by atoms with E-state index in [0.29, 0.717) is 0 Å². The zero-order valence-corrected chi connectivity index (χ0v) is 6.32. The molecule has 0 aromatic rings.